The first-order valence-corrected chi connectivity index (χ1v) is 9.67. The van der Waals surface area contributed by atoms with Crippen LogP contribution in [0.15, 0.2) is 29.2 Å². The van der Waals surface area contributed by atoms with Crippen molar-refractivity contribution in [2.24, 2.45) is 0 Å². The molecular weight excluding hydrogens is 352 g/mol. The lowest BCUT2D eigenvalue weighted by Gasteiger charge is -2.30. The van der Waals surface area contributed by atoms with Crippen molar-refractivity contribution < 1.29 is 22.8 Å². The summed E-state index contributed by atoms with van der Waals surface area (Å²) in [6.45, 7) is 7.16. The standard InChI is InChI=1S/C16H27ClN2O4S/c1-16(2,13-19(9-11-22-3)10-12-23-4)18-24(20,21)15-7-5-14(17)6-8-15/h5-8,18H,9-13H2,1-4H3/p+1. The van der Waals surface area contributed by atoms with Gasteiger partial charge in [0.25, 0.3) is 0 Å². The largest absolute Gasteiger partial charge is 0.379 e. The van der Waals surface area contributed by atoms with E-state index >= 15 is 0 Å². The molecule has 0 unspecified atom stereocenters. The van der Waals surface area contributed by atoms with Gasteiger partial charge in [-0.2, -0.15) is 4.72 Å². The van der Waals surface area contributed by atoms with Gasteiger partial charge in [0.1, 0.15) is 13.1 Å². The van der Waals surface area contributed by atoms with E-state index in [4.69, 9.17) is 21.1 Å². The van der Waals surface area contributed by atoms with E-state index < -0.39 is 15.6 Å². The van der Waals surface area contributed by atoms with E-state index in [1.165, 1.54) is 17.0 Å². The molecule has 0 heterocycles. The molecule has 138 valence electrons. The average molecular weight is 380 g/mol. The van der Waals surface area contributed by atoms with Crippen LogP contribution in [0, 0.1) is 0 Å². The van der Waals surface area contributed by atoms with Gasteiger partial charge in [0, 0.05) is 19.2 Å². The number of nitrogens with one attached hydrogen (secondary N) is 2. The van der Waals surface area contributed by atoms with Crippen molar-refractivity contribution in [3.63, 3.8) is 0 Å². The Hall–Kier alpha value is -0.700. The molecule has 0 saturated heterocycles. The summed E-state index contributed by atoms with van der Waals surface area (Å²) < 4.78 is 38.2. The Morgan fingerprint density at radius 2 is 1.58 bits per heavy atom. The highest BCUT2D eigenvalue weighted by atomic mass is 35.5. The minimum absolute atomic E-state index is 0.204. The van der Waals surface area contributed by atoms with Crippen molar-refractivity contribution in [1.29, 1.82) is 0 Å². The molecule has 0 radical (unpaired) electrons. The summed E-state index contributed by atoms with van der Waals surface area (Å²) in [5.74, 6) is 0. The molecular formula is C16H28ClN2O4S+. The summed E-state index contributed by atoms with van der Waals surface area (Å²) in [5, 5.41) is 0.503. The van der Waals surface area contributed by atoms with Crippen LogP contribution >= 0.6 is 11.6 Å². The van der Waals surface area contributed by atoms with Gasteiger partial charge in [-0.25, -0.2) is 8.42 Å². The molecule has 0 aliphatic carbocycles. The third-order valence-corrected chi connectivity index (χ3v) is 5.51. The quantitative estimate of drug-likeness (QED) is 0.590. The molecule has 8 heteroatoms. The Labute approximate surface area is 150 Å². The maximum Gasteiger partial charge on any atom is 0.241 e. The maximum atomic E-state index is 12.6. The second kappa shape index (κ2) is 9.70. The highest BCUT2D eigenvalue weighted by Gasteiger charge is 2.30. The molecule has 0 aromatic heterocycles. The van der Waals surface area contributed by atoms with Gasteiger partial charge in [-0.15, -0.1) is 0 Å². The number of hydrogen-bond donors (Lipinski definition) is 2. The predicted molar refractivity (Wildman–Crippen MR) is 95.2 cm³/mol. The van der Waals surface area contributed by atoms with Gasteiger partial charge in [0.2, 0.25) is 10.0 Å². The molecule has 0 saturated carbocycles. The average Bonchev–Trinajstić information content (AvgIpc) is 2.49. The van der Waals surface area contributed by atoms with Gasteiger partial charge in [-0.3, -0.25) is 0 Å². The highest BCUT2D eigenvalue weighted by molar-refractivity contribution is 7.89. The van der Waals surface area contributed by atoms with Gasteiger partial charge >= 0.3 is 0 Å². The van der Waals surface area contributed by atoms with Crippen molar-refractivity contribution in [2.45, 2.75) is 24.3 Å². The number of halogens is 1. The summed E-state index contributed by atoms with van der Waals surface area (Å²) in [6.07, 6.45) is 0. The topological polar surface area (TPSA) is 69.1 Å². The Balaban J connectivity index is 2.79. The van der Waals surface area contributed by atoms with E-state index in [-0.39, 0.29) is 4.90 Å². The van der Waals surface area contributed by atoms with Crippen molar-refractivity contribution in [1.82, 2.24) is 4.72 Å². The number of rotatable bonds is 11. The van der Waals surface area contributed by atoms with E-state index in [2.05, 4.69) is 4.72 Å². The molecule has 1 aromatic rings. The molecule has 0 amide bonds. The first kappa shape index (κ1) is 21.3. The van der Waals surface area contributed by atoms with Crippen LogP contribution in [0.3, 0.4) is 0 Å². The lowest BCUT2D eigenvalue weighted by molar-refractivity contribution is -0.904. The molecule has 0 atom stereocenters. The van der Waals surface area contributed by atoms with Crippen LogP contribution in [-0.4, -0.2) is 61.0 Å². The molecule has 24 heavy (non-hydrogen) atoms. The SMILES string of the molecule is COCC[NH+](CCOC)CC(C)(C)NS(=O)(=O)c1ccc(Cl)cc1. The molecule has 1 rings (SSSR count). The molecule has 0 aliphatic heterocycles. The normalized spacial score (nSPS) is 12.8. The molecule has 0 aliphatic rings. The molecule has 0 bridgehead atoms. The zero-order chi connectivity index (χ0) is 18.2. The summed E-state index contributed by atoms with van der Waals surface area (Å²) in [7, 11) is -0.296. The van der Waals surface area contributed by atoms with Gasteiger partial charge in [0.15, 0.2) is 0 Å². The lowest BCUT2D eigenvalue weighted by atomic mass is 10.1. The first-order valence-electron chi connectivity index (χ1n) is 7.81. The van der Waals surface area contributed by atoms with Crippen LogP contribution in [0.4, 0.5) is 0 Å². The van der Waals surface area contributed by atoms with Crippen LogP contribution in [0.2, 0.25) is 5.02 Å². The highest BCUT2D eigenvalue weighted by Crippen LogP contribution is 2.15. The van der Waals surface area contributed by atoms with E-state index in [1.54, 1.807) is 26.4 Å². The Morgan fingerprint density at radius 1 is 1.08 bits per heavy atom. The maximum absolute atomic E-state index is 12.6. The smallest absolute Gasteiger partial charge is 0.241 e. The molecule has 1 aromatic carbocycles. The summed E-state index contributed by atoms with van der Waals surface area (Å²) in [5.41, 5.74) is -0.616. The van der Waals surface area contributed by atoms with E-state index in [1.807, 2.05) is 13.8 Å². The minimum atomic E-state index is -3.61. The fourth-order valence-corrected chi connectivity index (χ4v) is 4.03. The molecule has 0 spiro atoms. The van der Waals surface area contributed by atoms with Gasteiger partial charge in [-0.05, 0) is 38.1 Å². The van der Waals surface area contributed by atoms with Crippen molar-refractivity contribution in [2.75, 3.05) is 47.1 Å². The zero-order valence-corrected chi connectivity index (χ0v) is 16.3. The fourth-order valence-electron chi connectivity index (χ4n) is 2.49. The van der Waals surface area contributed by atoms with Crippen LogP contribution in [0.25, 0.3) is 0 Å². The van der Waals surface area contributed by atoms with Crippen LogP contribution in [0.1, 0.15) is 13.8 Å². The van der Waals surface area contributed by atoms with Crippen LogP contribution < -0.4 is 9.62 Å². The number of hydrogen-bond acceptors (Lipinski definition) is 4. The van der Waals surface area contributed by atoms with Gasteiger partial charge in [-0.1, -0.05) is 11.6 Å². The first-order chi connectivity index (χ1) is 11.2. The van der Waals surface area contributed by atoms with Crippen molar-refractivity contribution in [3.8, 4) is 0 Å². The number of ether oxygens (including phenoxy) is 2. The Bertz CT molecular complexity index is 583. The predicted octanol–water partition coefficient (Wildman–Crippen LogP) is 0.575. The molecule has 2 N–H and O–H groups in total. The number of quaternary nitrogens is 1. The fraction of sp³-hybridized carbons (Fsp3) is 0.625. The number of sulfonamides is 1. The Kier molecular flexibility index (Phi) is 8.62. The Morgan fingerprint density at radius 3 is 2.04 bits per heavy atom. The van der Waals surface area contributed by atoms with Gasteiger partial charge in [0.05, 0.1) is 30.2 Å². The van der Waals surface area contributed by atoms with E-state index in [0.717, 1.165) is 13.1 Å². The second-order valence-electron chi connectivity index (χ2n) is 6.36. The summed E-state index contributed by atoms with van der Waals surface area (Å²) in [6, 6.07) is 6.14. The van der Waals surface area contributed by atoms with Crippen molar-refractivity contribution in [3.05, 3.63) is 29.3 Å². The molecule has 0 fully saturated rings. The van der Waals surface area contributed by atoms with Gasteiger partial charge < -0.3 is 14.4 Å². The second-order valence-corrected chi connectivity index (χ2v) is 8.47. The van der Waals surface area contributed by atoms with E-state index in [9.17, 15) is 8.42 Å². The third kappa shape index (κ3) is 7.46. The number of methoxy groups -OCH3 is 2. The zero-order valence-electron chi connectivity index (χ0n) is 14.8. The third-order valence-electron chi connectivity index (χ3n) is 3.55. The van der Waals surface area contributed by atoms with Crippen molar-refractivity contribution >= 4 is 21.6 Å². The minimum Gasteiger partial charge on any atom is -0.379 e. The monoisotopic (exact) mass is 379 g/mol. The van der Waals surface area contributed by atoms with E-state index in [0.29, 0.717) is 24.8 Å². The lowest BCUT2D eigenvalue weighted by Crippen LogP contribution is -3.15. The van der Waals surface area contributed by atoms with Crippen LogP contribution in [0.5, 0.6) is 0 Å². The number of benzene rings is 1. The van der Waals surface area contributed by atoms with Crippen LogP contribution in [-0.2, 0) is 19.5 Å². The molecule has 6 nitrogen and oxygen atoms in total. The summed E-state index contributed by atoms with van der Waals surface area (Å²) in [4.78, 5) is 1.41. The summed E-state index contributed by atoms with van der Waals surface area (Å²) >= 11 is 5.82.